The fourth-order valence-electron chi connectivity index (χ4n) is 1.23. The molecule has 0 atom stereocenters. The van der Waals surface area contributed by atoms with Gasteiger partial charge in [0.15, 0.2) is 0 Å². The predicted molar refractivity (Wildman–Crippen MR) is 56.4 cm³/mol. The number of hydrogen-bond acceptors (Lipinski definition) is 4. The maximum Gasteiger partial charge on any atom is 0.573 e. The average Bonchev–Trinajstić information content (AvgIpc) is 2.24. The van der Waals surface area contributed by atoms with Crippen LogP contribution in [-0.2, 0) is 4.79 Å². The standard InChI is InChI=1S/C10H6F3NO5/c11-10(12,13)19-8-3-1-2-7(14(17)18)6(8)4-5-9(15)16/h1-5H,(H,15,16)/b5-4+. The summed E-state index contributed by atoms with van der Waals surface area (Å²) in [6, 6.07) is 2.78. The Hall–Kier alpha value is -2.58. The lowest BCUT2D eigenvalue weighted by atomic mass is 10.1. The molecule has 0 heterocycles. The zero-order valence-electron chi connectivity index (χ0n) is 9.05. The molecule has 0 bridgehead atoms. The number of nitro groups is 1. The summed E-state index contributed by atoms with van der Waals surface area (Å²) in [5, 5.41) is 19.1. The highest BCUT2D eigenvalue weighted by Crippen LogP contribution is 2.33. The van der Waals surface area contributed by atoms with E-state index in [1.54, 1.807) is 0 Å². The Balaban J connectivity index is 3.33. The van der Waals surface area contributed by atoms with Crippen molar-refractivity contribution >= 4 is 17.7 Å². The maximum atomic E-state index is 12.1. The van der Waals surface area contributed by atoms with E-state index in [1.165, 1.54) is 0 Å². The predicted octanol–water partition coefficient (Wildman–Crippen LogP) is 2.59. The number of hydrogen-bond donors (Lipinski definition) is 1. The highest BCUT2D eigenvalue weighted by molar-refractivity contribution is 5.87. The number of nitro benzene ring substituents is 1. The Morgan fingerprint density at radius 2 is 2.05 bits per heavy atom. The van der Waals surface area contributed by atoms with Crippen molar-refractivity contribution in [3.8, 4) is 5.75 Å². The van der Waals surface area contributed by atoms with E-state index in [-0.39, 0.29) is 0 Å². The van der Waals surface area contributed by atoms with Gasteiger partial charge in [-0.2, -0.15) is 0 Å². The third-order valence-corrected chi connectivity index (χ3v) is 1.86. The van der Waals surface area contributed by atoms with E-state index in [9.17, 15) is 28.1 Å². The van der Waals surface area contributed by atoms with Gasteiger partial charge in [-0.1, -0.05) is 6.07 Å². The number of carboxylic acids is 1. The summed E-state index contributed by atoms with van der Waals surface area (Å²) in [4.78, 5) is 20.1. The van der Waals surface area contributed by atoms with Crippen LogP contribution < -0.4 is 4.74 Å². The van der Waals surface area contributed by atoms with E-state index in [2.05, 4.69) is 4.74 Å². The molecule has 102 valence electrons. The Morgan fingerprint density at radius 3 is 2.53 bits per heavy atom. The smallest absolute Gasteiger partial charge is 0.478 e. The van der Waals surface area contributed by atoms with Crippen LogP contribution in [0.15, 0.2) is 24.3 Å². The van der Waals surface area contributed by atoms with E-state index >= 15 is 0 Å². The summed E-state index contributed by atoms with van der Waals surface area (Å²) in [7, 11) is 0. The fourth-order valence-corrected chi connectivity index (χ4v) is 1.23. The van der Waals surface area contributed by atoms with Gasteiger partial charge in [-0.15, -0.1) is 13.2 Å². The number of benzene rings is 1. The highest BCUT2D eigenvalue weighted by atomic mass is 19.4. The molecule has 1 aromatic carbocycles. The summed E-state index contributed by atoms with van der Waals surface area (Å²) in [5.41, 5.74) is -1.27. The largest absolute Gasteiger partial charge is 0.573 e. The number of carbonyl (C=O) groups is 1. The minimum atomic E-state index is -5.04. The van der Waals surface area contributed by atoms with Crippen molar-refractivity contribution in [3.05, 3.63) is 40.0 Å². The Labute approximate surface area is 103 Å². The zero-order valence-corrected chi connectivity index (χ0v) is 9.05. The quantitative estimate of drug-likeness (QED) is 0.519. The van der Waals surface area contributed by atoms with Gasteiger partial charge in [-0.05, 0) is 12.1 Å². The molecule has 1 rings (SSSR count). The first-order chi connectivity index (χ1) is 8.70. The van der Waals surface area contributed by atoms with Crippen molar-refractivity contribution in [1.82, 2.24) is 0 Å². The second-order valence-corrected chi connectivity index (χ2v) is 3.17. The van der Waals surface area contributed by atoms with E-state index in [0.717, 1.165) is 18.2 Å². The normalized spacial score (nSPS) is 11.5. The number of halogens is 3. The summed E-state index contributed by atoms with van der Waals surface area (Å²) < 4.78 is 40.0. The molecule has 0 spiro atoms. The van der Waals surface area contributed by atoms with Crippen molar-refractivity contribution in [2.75, 3.05) is 0 Å². The van der Waals surface area contributed by atoms with Crippen molar-refractivity contribution in [3.63, 3.8) is 0 Å². The molecule has 0 fully saturated rings. The first-order valence-corrected chi connectivity index (χ1v) is 4.65. The summed E-state index contributed by atoms with van der Waals surface area (Å²) in [5.74, 6) is -2.31. The minimum absolute atomic E-state index is 0.478. The first kappa shape index (κ1) is 14.5. The molecule has 1 aromatic rings. The van der Waals surface area contributed by atoms with Crippen molar-refractivity contribution in [2.24, 2.45) is 0 Å². The number of rotatable bonds is 4. The maximum absolute atomic E-state index is 12.1. The monoisotopic (exact) mass is 277 g/mol. The lowest BCUT2D eigenvalue weighted by Crippen LogP contribution is -2.18. The Kier molecular flexibility index (Phi) is 4.10. The molecule has 0 aliphatic carbocycles. The van der Waals surface area contributed by atoms with Crippen LogP contribution >= 0.6 is 0 Å². The second-order valence-electron chi connectivity index (χ2n) is 3.17. The second kappa shape index (κ2) is 5.38. The molecule has 0 radical (unpaired) electrons. The number of carboxylic acid groups (broad SMARTS) is 1. The van der Waals surface area contributed by atoms with Gasteiger partial charge in [0.05, 0.1) is 10.5 Å². The summed E-state index contributed by atoms with van der Waals surface area (Å²) >= 11 is 0. The van der Waals surface area contributed by atoms with Crippen LogP contribution in [0, 0.1) is 10.1 Å². The molecular formula is C10H6F3NO5. The Bertz CT molecular complexity index is 538. The van der Waals surface area contributed by atoms with Crippen LogP contribution in [0.5, 0.6) is 5.75 Å². The van der Waals surface area contributed by atoms with Crippen molar-refractivity contribution < 1.29 is 32.7 Å². The molecule has 0 aromatic heterocycles. The molecule has 6 nitrogen and oxygen atoms in total. The number of aliphatic carboxylic acids is 1. The molecule has 19 heavy (non-hydrogen) atoms. The van der Waals surface area contributed by atoms with Gasteiger partial charge in [0.1, 0.15) is 5.75 Å². The van der Waals surface area contributed by atoms with Gasteiger partial charge < -0.3 is 9.84 Å². The van der Waals surface area contributed by atoms with Crippen LogP contribution in [-0.4, -0.2) is 22.4 Å². The van der Waals surface area contributed by atoms with Gasteiger partial charge in [0.2, 0.25) is 0 Å². The average molecular weight is 277 g/mol. The van der Waals surface area contributed by atoms with E-state index in [1.807, 2.05) is 0 Å². The van der Waals surface area contributed by atoms with Crippen LogP contribution in [0.3, 0.4) is 0 Å². The molecule has 0 aliphatic heterocycles. The topological polar surface area (TPSA) is 89.7 Å². The van der Waals surface area contributed by atoms with Crippen LogP contribution in [0.1, 0.15) is 5.56 Å². The number of nitrogens with zero attached hydrogens (tertiary/aromatic N) is 1. The van der Waals surface area contributed by atoms with E-state index in [0.29, 0.717) is 12.2 Å². The molecule has 0 saturated carbocycles. The van der Waals surface area contributed by atoms with Gasteiger partial charge in [0, 0.05) is 12.1 Å². The number of alkyl halides is 3. The molecule has 0 saturated heterocycles. The van der Waals surface area contributed by atoms with Crippen LogP contribution in [0.2, 0.25) is 0 Å². The minimum Gasteiger partial charge on any atom is -0.478 e. The van der Waals surface area contributed by atoms with Gasteiger partial charge >= 0.3 is 12.3 Å². The molecule has 0 amide bonds. The molecule has 1 N–H and O–H groups in total. The van der Waals surface area contributed by atoms with Crippen LogP contribution in [0.25, 0.3) is 6.08 Å². The first-order valence-electron chi connectivity index (χ1n) is 4.65. The lowest BCUT2D eigenvalue weighted by molar-refractivity contribution is -0.385. The molecular weight excluding hydrogens is 271 g/mol. The third-order valence-electron chi connectivity index (χ3n) is 1.86. The molecule has 9 heteroatoms. The third kappa shape index (κ3) is 4.30. The molecule has 0 unspecified atom stereocenters. The van der Waals surface area contributed by atoms with Gasteiger partial charge in [-0.25, -0.2) is 4.79 Å². The van der Waals surface area contributed by atoms with E-state index in [4.69, 9.17) is 5.11 Å². The Morgan fingerprint density at radius 1 is 1.42 bits per heavy atom. The van der Waals surface area contributed by atoms with Crippen LogP contribution in [0.4, 0.5) is 18.9 Å². The summed E-state index contributed by atoms with van der Waals surface area (Å²) in [6.45, 7) is 0. The lowest BCUT2D eigenvalue weighted by Gasteiger charge is -2.11. The SMILES string of the molecule is O=C(O)/C=C/c1c(OC(F)(F)F)cccc1[N+](=O)[O-]. The van der Waals surface area contributed by atoms with Crippen molar-refractivity contribution in [1.29, 1.82) is 0 Å². The van der Waals surface area contributed by atoms with Gasteiger partial charge in [-0.3, -0.25) is 10.1 Å². The fraction of sp³-hybridized carbons (Fsp3) is 0.100. The van der Waals surface area contributed by atoms with Gasteiger partial charge in [0.25, 0.3) is 5.69 Å². The number of ether oxygens (including phenoxy) is 1. The highest BCUT2D eigenvalue weighted by Gasteiger charge is 2.33. The van der Waals surface area contributed by atoms with E-state index < -0.39 is 34.3 Å². The zero-order chi connectivity index (χ0) is 14.6. The van der Waals surface area contributed by atoms with Crippen molar-refractivity contribution in [2.45, 2.75) is 6.36 Å². The summed E-state index contributed by atoms with van der Waals surface area (Å²) in [6.07, 6.45) is -3.89. The molecule has 0 aliphatic rings.